The van der Waals surface area contributed by atoms with Crippen molar-refractivity contribution in [2.45, 2.75) is 349 Å². The Hall–Kier alpha value is -2.25. The summed E-state index contributed by atoms with van der Waals surface area (Å²) in [5.41, 5.74) is 0. The van der Waals surface area contributed by atoms with Crippen LogP contribution in [0.4, 0.5) is 0 Å². The number of aliphatic hydroxyl groups excluding tert-OH is 11. The van der Waals surface area contributed by atoms with Crippen LogP contribution in [0.3, 0.4) is 0 Å². The molecule has 0 bridgehead atoms. The first-order valence-electron chi connectivity index (χ1n) is 34.4. The predicted molar refractivity (Wildman–Crippen MR) is 337 cm³/mol. The largest absolute Gasteiger partial charge is 0.394 e. The quantitative estimate of drug-likeness (QED) is 0.0200. The van der Waals surface area contributed by atoms with Crippen molar-refractivity contribution in [3.05, 3.63) is 48.6 Å². The van der Waals surface area contributed by atoms with E-state index in [1.807, 2.05) is 6.08 Å². The normalized spacial score (nSPS) is 28.9. The Morgan fingerprint density at radius 3 is 1.18 bits per heavy atom. The Bertz CT molecular complexity index is 1770. The van der Waals surface area contributed by atoms with E-state index in [0.717, 1.165) is 70.6 Å². The van der Waals surface area contributed by atoms with Crippen LogP contribution >= 0.6 is 0 Å². The number of nitrogens with one attached hydrogen (secondary N) is 1. The van der Waals surface area contributed by atoms with Gasteiger partial charge >= 0.3 is 0 Å². The van der Waals surface area contributed by atoms with Crippen LogP contribution in [0.2, 0.25) is 0 Å². The van der Waals surface area contributed by atoms with Gasteiger partial charge in [0.25, 0.3) is 0 Å². The first-order chi connectivity index (χ1) is 42.3. The minimum Gasteiger partial charge on any atom is -0.394 e. The van der Waals surface area contributed by atoms with Crippen LogP contribution in [0, 0.1) is 0 Å². The van der Waals surface area contributed by atoms with Crippen molar-refractivity contribution in [1.82, 2.24) is 5.32 Å². The van der Waals surface area contributed by atoms with Crippen molar-refractivity contribution >= 4 is 5.91 Å². The maximum Gasteiger partial charge on any atom is 0.220 e. The standard InChI is InChI=1S/C68H123NO18/c1-3-5-7-9-11-12-13-14-15-16-17-18-19-20-21-22-23-24-25-26-27-28-29-30-31-32-33-34-35-36-37-38-40-42-44-46-56(74)69-51(52(73)45-43-41-39-10-8-6-4-2)50-82-66-62(80)59(77)64(54(48-71)84-66)87-68-63(81)60(78)65(55(49-72)85-68)86-67-61(79)58(76)57(75)53(47-70)83-67/h13-14,16-17,19-20,43,45,51-55,57-68,70-73,75-81H,3-12,15,18,21-42,44,46-50H2,1-2H3,(H,69,74)/b14-13-,17-16-,20-19-,45-43+. The summed E-state index contributed by atoms with van der Waals surface area (Å²) in [6.45, 7) is 1.64. The summed E-state index contributed by atoms with van der Waals surface area (Å²) < 4.78 is 34.2. The molecular formula is C68H123NO18. The third-order valence-electron chi connectivity index (χ3n) is 17.1. The van der Waals surface area contributed by atoms with E-state index in [1.165, 1.54) is 148 Å². The average molecular weight is 1240 g/mol. The minimum atomic E-state index is -1.98. The Kier molecular flexibility index (Phi) is 45.7. The third kappa shape index (κ3) is 32.7. The molecule has 17 atom stereocenters. The van der Waals surface area contributed by atoms with Crippen molar-refractivity contribution in [2.24, 2.45) is 0 Å². The fraction of sp³-hybridized carbons (Fsp3) is 0.868. The van der Waals surface area contributed by atoms with Gasteiger partial charge in [0.1, 0.15) is 73.2 Å². The van der Waals surface area contributed by atoms with Gasteiger partial charge in [0.05, 0.1) is 38.6 Å². The molecule has 3 aliphatic heterocycles. The van der Waals surface area contributed by atoms with E-state index in [2.05, 4.69) is 55.6 Å². The monoisotopic (exact) mass is 1240 g/mol. The molecule has 0 aromatic heterocycles. The highest BCUT2D eigenvalue weighted by atomic mass is 16.8. The molecule has 0 aromatic carbocycles. The summed E-state index contributed by atoms with van der Waals surface area (Å²) in [7, 11) is 0. The lowest BCUT2D eigenvalue weighted by Crippen LogP contribution is -2.66. The summed E-state index contributed by atoms with van der Waals surface area (Å²) in [4.78, 5) is 13.3. The third-order valence-corrected chi connectivity index (χ3v) is 17.1. The van der Waals surface area contributed by atoms with Gasteiger partial charge in [0.15, 0.2) is 18.9 Å². The van der Waals surface area contributed by atoms with E-state index >= 15 is 0 Å². The number of ether oxygens (including phenoxy) is 6. The molecule has 19 nitrogen and oxygen atoms in total. The summed E-state index contributed by atoms with van der Waals surface area (Å²) in [5, 5.41) is 120. The van der Waals surface area contributed by atoms with Crippen LogP contribution in [-0.4, -0.2) is 193 Å². The number of carbonyl (C=O) groups excluding carboxylic acids is 1. The SMILES string of the molecule is CCCCCCC/C=C\C/C=C\C/C=C\CCCCCCCCCCCCCCCCCCCCCCC(=O)NC(COC1OC(CO)C(OC2OC(CO)C(OC3OC(CO)C(O)C(O)C3O)C(O)C2O)C(O)C1O)C(O)/C=C/CCCCCCC. The van der Waals surface area contributed by atoms with Crippen molar-refractivity contribution in [3.63, 3.8) is 0 Å². The molecule has 3 fully saturated rings. The van der Waals surface area contributed by atoms with Gasteiger partial charge < -0.3 is 89.9 Å². The molecule has 0 aromatic rings. The first kappa shape index (κ1) is 79.0. The van der Waals surface area contributed by atoms with Gasteiger partial charge in [-0.1, -0.05) is 229 Å². The van der Waals surface area contributed by atoms with Gasteiger partial charge in [-0.15, -0.1) is 0 Å². The van der Waals surface area contributed by atoms with Crippen LogP contribution in [0.15, 0.2) is 48.6 Å². The number of allylic oxidation sites excluding steroid dienone is 7. The number of amides is 1. The average Bonchev–Trinajstić information content (AvgIpc) is 2.35. The molecule has 3 aliphatic rings. The van der Waals surface area contributed by atoms with Crippen molar-refractivity contribution in [3.8, 4) is 0 Å². The highest BCUT2D eigenvalue weighted by Crippen LogP contribution is 2.33. The van der Waals surface area contributed by atoms with Gasteiger partial charge in [-0.3, -0.25) is 4.79 Å². The number of unbranched alkanes of at least 4 members (excludes halogenated alkanes) is 30. The molecule has 3 saturated heterocycles. The fourth-order valence-corrected chi connectivity index (χ4v) is 11.5. The van der Waals surface area contributed by atoms with E-state index in [4.69, 9.17) is 28.4 Å². The topological polar surface area (TPSA) is 307 Å². The molecule has 17 unspecified atom stereocenters. The molecule has 0 aliphatic carbocycles. The molecular weight excluding hydrogens is 1120 g/mol. The summed E-state index contributed by atoms with van der Waals surface area (Å²) in [5.74, 6) is -0.278. The number of carbonyl (C=O) groups is 1. The van der Waals surface area contributed by atoms with Crippen LogP contribution < -0.4 is 5.32 Å². The van der Waals surface area contributed by atoms with Crippen LogP contribution in [0.1, 0.15) is 245 Å². The van der Waals surface area contributed by atoms with Crippen LogP contribution in [0.5, 0.6) is 0 Å². The maximum atomic E-state index is 13.3. The molecule has 87 heavy (non-hydrogen) atoms. The Morgan fingerprint density at radius 2 is 0.759 bits per heavy atom. The zero-order chi connectivity index (χ0) is 63.3. The Labute approximate surface area is 523 Å². The number of rotatable bonds is 52. The van der Waals surface area contributed by atoms with Gasteiger partial charge in [0, 0.05) is 6.42 Å². The van der Waals surface area contributed by atoms with E-state index in [1.54, 1.807) is 6.08 Å². The van der Waals surface area contributed by atoms with Gasteiger partial charge in [-0.2, -0.15) is 0 Å². The lowest BCUT2D eigenvalue weighted by molar-refractivity contribution is -0.379. The molecule has 0 radical (unpaired) electrons. The Morgan fingerprint density at radius 1 is 0.414 bits per heavy atom. The van der Waals surface area contributed by atoms with Gasteiger partial charge in [0.2, 0.25) is 5.91 Å². The second-order valence-corrected chi connectivity index (χ2v) is 24.6. The van der Waals surface area contributed by atoms with Crippen LogP contribution in [-0.2, 0) is 33.2 Å². The fourth-order valence-electron chi connectivity index (χ4n) is 11.5. The van der Waals surface area contributed by atoms with Gasteiger partial charge in [-0.25, -0.2) is 0 Å². The van der Waals surface area contributed by atoms with Crippen LogP contribution in [0.25, 0.3) is 0 Å². The maximum absolute atomic E-state index is 13.3. The molecule has 0 spiro atoms. The molecule has 1 amide bonds. The zero-order valence-corrected chi connectivity index (χ0v) is 53.5. The lowest BCUT2D eigenvalue weighted by atomic mass is 9.96. The number of aliphatic hydroxyl groups is 11. The predicted octanol–water partition coefficient (Wildman–Crippen LogP) is 8.61. The highest BCUT2D eigenvalue weighted by Gasteiger charge is 2.53. The Balaban J connectivity index is 1.28. The molecule has 3 rings (SSSR count). The van der Waals surface area contributed by atoms with Gasteiger partial charge in [-0.05, 0) is 57.8 Å². The molecule has 508 valence electrons. The summed E-state index contributed by atoms with van der Waals surface area (Å²) >= 11 is 0. The molecule has 12 N–H and O–H groups in total. The minimum absolute atomic E-state index is 0.244. The van der Waals surface area contributed by atoms with Crippen molar-refractivity contribution < 1.29 is 89.4 Å². The molecule has 19 heteroatoms. The smallest absolute Gasteiger partial charge is 0.220 e. The lowest BCUT2D eigenvalue weighted by Gasteiger charge is -2.48. The van der Waals surface area contributed by atoms with Crippen molar-refractivity contribution in [1.29, 1.82) is 0 Å². The second-order valence-electron chi connectivity index (χ2n) is 24.6. The van der Waals surface area contributed by atoms with E-state index in [0.29, 0.717) is 6.42 Å². The molecule has 0 saturated carbocycles. The summed E-state index contributed by atoms with van der Waals surface area (Å²) in [6, 6.07) is -0.969. The molecule has 3 heterocycles. The zero-order valence-electron chi connectivity index (χ0n) is 53.5. The van der Waals surface area contributed by atoms with E-state index < -0.39 is 124 Å². The van der Waals surface area contributed by atoms with Crippen molar-refractivity contribution in [2.75, 3.05) is 26.4 Å². The number of hydrogen-bond donors (Lipinski definition) is 12. The first-order valence-corrected chi connectivity index (χ1v) is 34.4. The highest BCUT2D eigenvalue weighted by molar-refractivity contribution is 5.76. The summed E-state index contributed by atoms with van der Waals surface area (Å²) in [6.07, 6.45) is 33.1. The van der Waals surface area contributed by atoms with E-state index in [-0.39, 0.29) is 18.9 Å². The van der Waals surface area contributed by atoms with E-state index in [9.17, 15) is 61.0 Å². The number of hydrogen-bond acceptors (Lipinski definition) is 18. The second kappa shape index (κ2) is 50.3.